The second kappa shape index (κ2) is 10.5. The first-order valence-corrected chi connectivity index (χ1v) is 15.4. The van der Waals surface area contributed by atoms with Gasteiger partial charge in [-0.05, 0) is 71.3 Å². The Balaban J connectivity index is 1.29. The minimum atomic E-state index is -0.529. The number of nitrogens with one attached hydrogen (secondary N) is 1. The highest BCUT2D eigenvalue weighted by atomic mass is 16.6. The summed E-state index contributed by atoms with van der Waals surface area (Å²) >= 11 is 0. The summed E-state index contributed by atoms with van der Waals surface area (Å²) in [7, 11) is 0. The van der Waals surface area contributed by atoms with E-state index in [-0.39, 0.29) is 30.0 Å². The molecule has 4 aromatic rings. The Labute approximate surface area is 251 Å². The van der Waals surface area contributed by atoms with Gasteiger partial charge < -0.3 is 15.0 Å². The van der Waals surface area contributed by atoms with Gasteiger partial charge in [-0.2, -0.15) is 9.61 Å². The molecule has 3 aromatic heterocycles. The fourth-order valence-corrected chi connectivity index (χ4v) is 6.95. The van der Waals surface area contributed by atoms with Gasteiger partial charge in [0.15, 0.2) is 5.65 Å². The highest BCUT2D eigenvalue weighted by molar-refractivity contribution is 5.90. The lowest BCUT2D eigenvalue weighted by atomic mass is 9.85. The molecule has 1 unspecified atom stereocenters. The molecule has 2 bridgehead atoms. The smallest absolute Gasteiger partial charge is 0.410 e. The van der Waals surface area contributed by atoms with E-state index in [9.17, 15) is 9.59 Å². The molecule has 9 heteroatoms. The molecule has 3 atom stereocenters. The summed E-state index contributed by atoms with van der Waals surface area (Å²) in [4.78, 5) is 37.7. The normalized spacial score (nSPS) is 21.7. The summed E-state index contributed by atoms with van der Waals surface area (Å²) < 4.78 is 7.58. The third-order valence-electron chi connectivity index (χ3n) is 8.86. The molecule has 43 heavy (non-hydrogen) atoms. The van der Waals surface area contributed by atoms with Gasteiger partial charge >= 0.3 is 6.09 Å². The van der Waals surface area contributed by atoms with Gasteiger partial charge in [0.1, 0.15) is 11.4 Å². The van der Waals surface area contributed by atoms with E-state index in [1.54, 1.807) is 11.4 Å². The topological polar surface area (TPSA) is 102 Å². The molecule has 0 radical (unpaired) electrons. The summed E-state index contributed by atoms with van der Waals surface area (Å²) in [5.74, 6) is 1.10. The SMILES string of the molecule is CC(=O)Nc1c(C2CC2)c(C2C[C@H]3CC[C@@H](C2)N3C(=O)OC(C)(C)C)nc2c(-c3ccc(-c4ccccc4)nc3)cnn12. The van der Waals surface area contributed by atoms with Gasteiger partial charge in [0.2, 0.25) is 5.91 Å². The zero-order valence-electron chi connectivity index (χ0n) is 25.2. The third-order valence-corrected chi connectivity index (χ3v) is 8.86. The summed E-state index contributed by atoms with van der Waals surface area (Å²) in [6, 6.07) is 14.4. The van der Waals surface area contributed by atoms with Gasteiger partial charge in [0.25, 0.3) is 0 Å². The molecule has 3 fully saturated rings. The lowest BCUT2D eigenvalue weighted by molar-refractivity contribution is -0.114. The monoisotopic (exact) mass is 578 g/mol. The van der Waals surface area contributed by atoms with Crippen molar-refractivity contribution in [1.82, 2.24) is 24.5 Å². The summed E-state index contributed by atoms with van der Waals surface area (Å²) in [5.41, 5.74) is 6.07. The lowest BCUT2D eigenvalue weighted by Gasteiger charge is -2.40. The summed E-state index contributed by atoms with van der Waals surface area (Å²) in [6.07, 6.45) is 9.20. The van der Waals surface area contributed by atoms with Crippen LogP contribution in [-0.2, 0) is 9.53 Å². The number of hydrogen-bond acceptors (Lipinski definition) is 6. The largest absolute Gasteiger partial charge is 0.444 e. The fraction of sp³-hybridized carbons (Fsp3) is 0.441. The van der Waals surface area contributed by atoms with E-state index in [0.717, 1.165) is 78.0 Å². The van der Waals surface area contributed by atoms with E-state index in [0.29, 0.717) is 11.6 Å². The number of ether oxygens (including phenoxy) is 1. The second-order valence-electron chi connectivity index (χ2n) is 13.2. The molecular formula is C34H38N6O3. The van der Waals surface area contributed by atoms with Crippen LogP contribution in [0.4, 0.5) is 10.6 Å². The van der Waals surface area contributed by atoms with Crippen LogP contribution in [0.3, 0.4) is 0 Å². The molecule has 2 saturated heterocycles. The first-order chi connectivity index (χ1) is 20.7. The van der Waals surface area contributed by atoms with Crippen molar-refractivity contribution in [1.29, 1.82) is 0 Å². The highest BCUT2D eigenvalue weighted by Crippen LogP contribution is 2.51. The number of piperidine rings is 1. The zero-order valence-corrected chi connectivity index (χ0v) is 25.2. The van der Waals surface area contributed by atoms with E-state index < -0.39 is 5.60 Å². The Morgan fingerprint density at radius 2 is 1.63 bits per heavy atom. The average Bonchev–Trinajstić information content (AvgIpc) is 3.66. The third kappa shape index (κ3) is 5.26. The van der Waals surface area contributed by atoms with E-state index in [1.165, 1.54) is 0 Å². The molecule has 7 rings (SSSR count). The maximum atomic E-state index is 13.2. The molecule has 222 valence electrons. The Bertz CT molecular complexity index is 1670. The number of carbonyl (C=O) groups is 2. The van der Waals surface area contributed by atoms with Gasteiger partial charge in [-0.1, -0.05) is 36.4 Å². The number of fused-ring (bicyclic) bond motifs is 3. The van der Waals surface area contributed by atoms with Crippen molar-refractivity contribution < 1.29 is 14.3 Å². The quantitative estimate of drug-likeness (QED) is 0.275. The number of anilines is 1. The van der Waals surface area contributed by atoms with Crippen LogP contribution in [-0.4, -0.2) is 54.2 Å². The molecule has 0 spiro atoms. The Morgan fingerprint density at radius 1 is 0.907 bits per heavy atom. The van der Waals surface area contributed by atoms with Crippen LogP contribution in [0.5, 0.6) is 0 Å². The maximum absolute atomic E-state index is 13.2. The molecule has 9 nitrogen and oxygen atoms in total. The molecule has 1 N–H and O–H groups in total. The lowest BCUT2D eigenvalue weighted by Crippen LogP contribution is -2.48. The number of aromatic nitrogens is 4. The van der Waals surface area contributed by atoms with Crippen molar-refractivity contribution in [2.75, 3.05) is 5.32 Å². The molecule has 5 heterocycles. The van der Waals surface area contributed by atoms with Crippen LogP contribution in [0.1, 0.15) is 89.3 Å². The molecule has 1 aliphatic carbocycles. The van der Waals surface area contributed by atoms with Crippen molar-refractivity contribution in [3.63, 3.8) is 0 Å². The van der Waals surface area contributed by atoms with Gasteiger partial charge in [0.05, 0.1) is 17.6 Å². The van der Waals surface area contributed by atoms with Crippen LogP contribution < -0.4 is 5.32 Å². The van der Waals surface area contributed by atoms with Crippen LogP contribution in [0.25, 0.3) is 28.0 Å². The molecule has 3 aliphatic rings. The van der Waals surface area contributed by atoms with E-state index in [2.05, 4.69) is 11.4 Å². The van der Waals surface area contributed by atoms with Crippen molar-refractivity contribution in [3.05, 3.63) is 66.1 Å². The van der Waals surface area contributed by atoms with Crippen molar-refractivity contribution in [3.8, 4) is 22.4 Å². The summed E-state index contributed by atoms with van der Waals surface area (Å²) in [6.45, 7) is 7.28. The second-order valence-corrected chi connectivity index (χ2v) is 13.2. The predicted molar refractivity (Wildman–Crippen MR) is 165 cm³/mol. The highest BCUT2D eigenvalue weighted by Gasteiger charge is 2.47. The van der Waals surface area contributed by atoms with Crippen molar-refractivity contribution in [2.45, 2.75) is 95.7 Å². The van der Waals surface area contributed by atoms with Crippen molar-refractivity contribution >= 4 is 23.5 Å². The number of rotatable bonds is 5. The van der Waals surface area contributed by atoms with Crippen LogP contribution >= 0.6 is 0 Å². The standard InChI is InChI=1S/C34H38N6O3/c1-20(41)37-32-29(22-10-11-22)30(24-16-25-13-14-26(17-24)39(25)33(42)43-34(2,3)4)38-31-27(19-36-40(31)32)23-12-15-28(35-18-23)21-8-6-5-7-9-21/h5-9,12,15,18-19,22,24-26H,10-11,13-14,16-17H2,1-4H3,(H,37,41)/t24?,25-,26+. The number of amides is 2. The summed E-state index contributed by atoms with van der Waals surface area (Å²) in [5, 5.41) is 7.86. The van der Waals surface area contributed by atoms with Crippen LogP contribution in [0.2, 0.25) is 0 Å². The van der Waals surface area contributed by atoms with Gasteiger partial charge in [-0.3, -0.25) is 9.78 Å². The fourth-order valence-electron chi connectivity index (χ4n) is 6.95. The van der Waals surface area contributed by atoms with Crippen LogP contribution in [0, 0.1) is 0 Å². The number of benzene rings is 1. The number of carbonyl (C=O) groups excluding carboxylic acids is 2. The van der Waals surface area contributed by atoms with Crippen molar-refractivity contribution in [2.24, 2.45) is 0 Å². The predicted octanol–water partition coefficient (Wildman–Crippen LogP) is 6.94. The minimum Gasteiger partial charge on any atom is -0.444 e. The van der Waals surface area contributed by atoms with E-state index >= 15 is 0 Å². The molecule has 2 amide bonds. The number of pyridine rings is 1. The average molecular weight is 579 g/mol. The first kappa shape index (κ1) is 27.6. The van der Waals surface area contributed by atoms with E-state index in [1.807, 2.05) is 74.5 Å². The maximum Gasteiger partial charge on any atom is 0.410 e. The Morgan fingerprint density at radius 3 is 2.23 bits per heavy atom. The molecular weight excluding hydrogens is 540 g/mol. The molecule has 2 aliphatic heterocycles. The van der Waals surface area contributed by atoms with Gasteiger partial charge in [0, 0.05) is 53.4 Å². The van der Waals surface area contributed by atoms with Crippen LogP contribution in [0.15, 0.2) is 54.9 Å². The van der Waals surface area contributed by atoms with Gasteiger partial charge in [-0.15, -0.1) is 0 Å². The Hall–Kier alpha value is -4.27. The molecule has 1 saturated carbocycles. The van der Waals surface area contributed by atoms with Gasteiger partial charge in [-0.25, -0.2) is 9.78 Å². The van der Waals surface area contributed by atoms with E-state index in [4.69, 9.17) is 19.8 Å². The minimum absolute atomic E-state index is 0.118. The Kier molecular flexibility index (Phi) is 6.71. The number of nitrogens with zero attached hydrogens (tertiary/aromatic N) is 5. The molecule has 1 aromatic carbocycles. The zero-order chi connectivity index (χ0) is 29.9. The first-order valence-electron chi connectivity index (χ1n) is 15.4. The number of hydrogen-bond donors (Lipinski definition) is 1.